The quantitative estimate of drug-likeness (QED) is 0.694. The minimum absolute atomic E-state index is 0.236. The topological polar surface area (TPSA) is 91.8 Å². The molecule has 1 saturated heterocycles. The molecule has 1 amide bonds. The van der Waals surface area contributed by atoms with Crippen molar-refractivity contribution in [3.05, 3.63) is 53.7 Å². The standard InChI is InChI=1S/C20H23N3O4/c24-14-21-11-16-4-5-19(22-12-16)23-8-6-15(7-9-23)13-27-18-3-1-2-17(10-18)20(25)26/h1-5,10,12,14-15H,6-9,11,13H2,(H,21,24)(H,25,26). The van der Waals surface area contributed by atoms with Gasteiger partial charge in [0, 0.05) is 25.8 Å². The molecule has 0 spiro atoms. The van der Waals surface area contributed by atoms with Crippen LogP contribution in [0, 0.1) is 5.92 Å². The fraction of sp³-hybridized carbons (Fsp3) is 0.350. The SMILES string of the molecule is O=CNCc1ccc(N2CCC(COc3cccc(C(=O)O)c3)CC2)nc1. The van der Waals surface area contributed by atoms with Crippen molar-refractivity contribution in [3.8, 4) is 5.75 Å². The van der Waals surface area contributed by atoms with E-state index in [4.69, 9.17) is 9.84 Å². The number of carboxylic acids is 1. The summed E-state index contributed by atoms with van der Waals surface area (Å²) in [5, 5.41) is 11.7. The first-order valence-electron chi connectivity index (χ1n) is 8.99. The molecule has 0 aliphatic carbocycles. The molecule has 1 fully saturated rings. The molecule has 1 aliphatic rings. The Balaban J connectivity index is 1.46. The number of carboxylic acid groups (broad SMARTS) is 1. The number of carbonyl (C=O) groups is 2. The number of amides is 1. The van der Waals surface area contributed by atoms with E-state index in [0.717, 1.165) is 37.3 Å². The van der Waals surface area contributed by atoms with Crippen molar-refractivity contribution in [2.75, 3.05) is 24.6 Å². The van der Waals surface area contributed by atoms with Crippen molar-refractivity contribution in [2.24, 2.45) is 5.92 Å². The first-order valence-corrected chi connectivity index (χ1v) is 8.99. The zero-order valence-electron chi connectivity index (χ0n) is 15.0. The lowest BCUT2D eigenvalue weighted by atomic mass is 9.98. The van der Waals surface area contributed by atoms with Crippen molar-refractivity contribution in [1.82, 2.24) is 10.3 Å². The first kappa shape index (κ1) is 18.7. The summed E-state index contributed by atoms with van der Waals surface area (Å²) in [6, 6.07) is 10.6. The smallest absolute Gasteiger partial charge is 0.335 e. The van der Waals surface area contributed by atoms with Crippen molar-refractivity contribution in [3.63, 3.8) is 0 Å². The van der Waals surface area contributed by atoms with Gasteiger partial charge in [0.25, 0.3) is 0 Å². The van der Waals surface area contributed by atoms with Gasteiger partial charge in [-0.05, 0) is 48.6 Å². The number of aromatic carboxylic acids is 1. The predicted molar refractivity (Wildman–Crippen MR) is 101 cm³/mol. The van der Waals surface area contributed by atoms with Gasteiger partial charge in [-0.15, -0.1) is 0 Å². The molecular weight excluding hydrogens is 346 g/mol. The maximum absolute atomic E-state index is 11.0. The number of hydrogen-bond donors (Lipinski definition) is 2. The highest BCUT2D eigenvalue weighted by molar-refractivity contribution is 5.88. The van der Waals surface area contributed by atoms with Gasteiger partial charge in [0.15, 0.2) is 0 Å². The zero-order valence-corrected chi connectivity index (χ0v) is 15.0. The van der Waals surface area contributed by atoms with E-state index in [0.29, 0.717) is 31.2 Å². The van der Waals surface area contributed by atoms with E-state index in [9.17, 15) is 9.59 Å². The Kier molecular flexibility index (Phi) is 6.25. The van der Waals surface area contributed by atoms with Gasteiger partial charge in [-0.25, -0.2) is 9.78 Å². The Hall–Kier alpha value is -3.09. The second kappa shape index (κ2) is 9.02. The van der Waals surface area contributed by atoms with Crippen LogP contribution in [0.15, 0.2) is 42.6 Å². The number of benzene rings is 1. The summed E-state index contributed by atoms with van der Waals surface area (Å²) < 4.78 is 5.80. The molecule has 0 unspecified atom stereocenters. The third kappa shape index (κ3) is 5.20. The average Bonchev–Trinajstić information content (AvgIpc) is 2.72. The summed E-state index contributed by atoms with van der Waals surface area (Å²) in [6.07, 6.45) is 4.46. The molecule has 3 rings (SSSR count). The lowest BCUT2D eigenvalue weighted by molar-refractivity contribution is -0.109. The van der Waals surface area contributed by atoms with Gasteiger partial charge in [0.1, 0.15) is 11.6 Å². The maximum atomic E-state index is 11.0. The Bertz CT molecular complexity index is 771. The van der Waals surface area contributed by atoms with E-state index < -0.39 is 5.97 Å². The number of piperidine rings is 1. The number of aromatic nitrogens is 1. The molecule has 2 N–H and O–H groups in total. The number of anilines is 1. The molecular formula is C20H23N3O4. The second-order valence-electron chi connectivity index (χ2n) is 6.60. The lowest BCUT2D eigenvalue weighted by Crippen LogP contribution is -2.36. The highest BCUT2D eigenvalue weighted by atomic mass is 16.5. The van der Waals surface area contributed by atoms with E-state index in [1.54, 1.807) is 30.5 Å². The Labute approximate surface area is 158 Å². The van der Waals surface area contributed by atoms with Crippen LogP contribution < -0.4 is 15.0 Å². The fourth-order valence-electron chi connectivity index (χ4n) is 3.13. The fourth-order valence-corrected chi connectivity index (χ4v) is 3.13. The molecule has 1 aromatic heterocycles. The van der Waals surface area contributed by atoms with Crippen LogP contribution in [0.4, 0.5) is 5.82 Å². The third-order valence-corrected chi connectivity index (χ3v) is 4.70. The Morgan fingerprint density at radius 3 is 2.78 bits per heavy atom. The average molecular weight is 369 g/mol. The van der Waals surface area contributed by atoms with Gasteiger partial charge in [0.05, 0.1) is 12.2 Å². The van der Waals surface area contributed by atoms with Crippen LogP contribution in [-0.2, 0) is 11.3 Å². The van der Waals surface area contributed by atoms with Gasteiger partial charge in [-0.2, -0.15) is 0 Å². The second-order valence-corrected chi connectivity index (χ2v) is 6.60. The summed E-state index contributed by atoms with van der Waals surface area (Å²) in [6.45, 7) is 2.88. The molecule has 0 saturated carbocycles. The molecule has 2 heterocycles. The van der Waals surface area contributed by atoms with Crippen LogP contribution in [0.1, 0.15) is 28.8 Å². The number of pyridine rings is 1. The molecule has 7 heteroatoms. The van der Waals surface area contributed by atoms with E-state index in [1.807, 2.05) is 12.1 Å². The van der Waals surface area contributed by atoms with Crippen molar-refractivity contribution in [1.29, 1.82) is 0 Å². The van der Waals surface area contributed by atoms with Crippen LogP contribution in [0.2, 0.25) is 0 Å². The number of carbonyl (C=O) groups excluding carboxylic acids is 1. The molecule has 27 heavy (non-hydrogen) atoms. The lowest BCUT2D eigenvalue weighted by Gasteiger charge is -2.32. The molecule has 1 aliphatic heterocycles. The Morgan fingerprint density at radius 2 is 2.11 bits per heavy atom. The number of nitrogens with zero attached hydrogens (tertiary/aromatic N) is 2. The molecule has 1 aromatic carbocycles. The molecule has 0 radical (unpaired) electrons. The molecule has 7 nitrogen and oxygen atoms in total. The van der Waals surface area contributed by atoms with Crippen LogP contribution in [0.25, 0.3) is 0 Å². The summed E-state index contributed by atoms with van der Waals surface area (Å²) in [5.41, 5.74) is 1.21. The zero-order chi connectivity index (χ0) is 19.1. The third-order valence-electron chi connectivity index (χ3n) is 4.70. The number of hydrogen-bond acceptors (Lipinski definition) is 5. The summed E-state index contributed by atoms with van der Waals surface area (Å²) in [5.74, 6) is 1.02. The van der Waals surface area contributed by atoms with Crippen LogP contribution >= 0.6 is 0 Å². The van der Waals surface area contributed by atoms with Gasteiger partial charge in [-0.1, -0.05) is 12.1 Å². The van der Waals surface area contributed by atoms with Gasteiger partial charge in [0.2, 0.25) is 6.41 Å². The van der Waals surface area contributed by atoms with E-state index >= 15 is 0 Å². The maximum Gasteiger partial charge on any atom is 0.335 e. The minimum atomic E-state index is -0.950. The molecule has 0 atom stereocenters. The highest BCUT2D eigenvalue weighted by Gasteiger charge is 2.20. The largest absolute Gasteiger partial charge is 0.493 e. The van der Waals surface area contributed by atoms with E-state index in [1.165, 1.54) is 0 Å². The number of rotatable bonds is 8. The first-order chi connectivity index (χ1) is 13.2. The van der Waals surface area contributed by atoms with Crippen LogP contribution in [0.5, 0.6) is 5.75 Å². The normalized spacial score (nSPS) is 14.6. The molecule has 2 aromatic rings. The van der Waals surface area contributed by atoms with Gasteiger partial charge in [-0.3, -0.25) is 4.79 Å². The van der Waals surface area contributed by atoms with Crippen molar-refractivity contribution < 1.29 is 19.4 Å². The van der Waals surface area contributed by atoms with Gasteiger partial charge >= 0.3 is 5.97 Å². The highest BCUT2D eigenvalue weighted by Crippen LogP contribution is 2.23. The Morgan fingerprint density at radius 1 is 1.30 bits per heavy atom. The number of nitrogens with one attached hydrogen (secondary N) is 1. The summed E-state index contributed by atoms with van der Waals surface area (Å²) in [7, 11) is 0. The summed E-state index contributed by atoms with van der Waals surface area (Å²) >= 11 is 0. The molecule has 142 valence electrons. The predicted octanol–water partition coefficient (Wildman–Crippen LogP) is 2.32. The van der Waals surface area contributed by atoms with Crippen LogP contribution in [-0.4, -0.2) is 42.2 Å². The van der Waals surface area contributed by atoms with Crippen molar-refractivity contribution >= 4 is 18.2 Å². The van der Waals surface area contributed by atoms with Crippen molar-refractivity contribution in [2.45, 2.75) is 19.4 Å². The number of ether oxygens (including phenoxy) is 1. The van der Waals surface area contributed by atoms with E-state index in [-0.39, 0.29) is 5.56 Å². The monoisotopic (exact) mass is 369 g/mol. The van der Waals surface area contributed by atoms with E-state index in [2.05, 4.69) is 15.2 Å². The molecule has 0 bridgehead atoms. The van der Waals surface area contributed by atoms with Crippen LogP contribution in [0.3, 0.4) is 0 Å². The van der Waals surface area contributed by atoms with Gasteiger partial charge < -0.3 is 20.1 Å². The summed E-state index contributed by atoms with van der Waals surface area (Å²) in [4.78, 5) is 28.1. The minimum Gasteiger partial charge on any atom is -0.493 e.